The van der Waals surface area contributed by atoms with Gasteiger partial charge in [-0.25, -0.2) is 9.67 Å². The second-order valence-corrected chi connectivity index (χ2v) is 9.71. The number of rotatable bonds is 7. The van der Waals surface area contributed by atoms with Crippen LogP contribution in [0.2, 0.25) is 0 Å². The summed E-state index contributed by atoms with van der Waals surface area (Å²) in [5.41, 5.74) is 2.54. The third-order valence-corrected chi connectivity index (χ3v) is 6.79. The fourth-order valence-electron chi connectivity index (χ4n) is 4.39. The molecule has 1 aliphatic rings. The van der Waals surface area contributed by atoms with Crippen molar-refractivity contribution < 1.29 is 4.79 Å². The maximum absolute atomic E-state index is 12.5. The highest BCUT2D eigenvalue weighted by Gasteiger charge is 2.30. The Morgan fingerprint density at radius 1 is 1.24 bits per heavy atom. The largest absolute Gasteiger partial charge is 0.355 e. The lowest BCUT2D eigenvalue weighted by atomic mass is 10.1. The molecule has 10 heteroatoms. The Morgan fingerprint density at radius 3 is 2.97 bits per heavy atom. The molecule has 0 saturated heterocycles. The van der Waals surface area contributed by atoms with Gasteiger partial charge in [-0.05, 0) is 73.6 Å². The topological polar surface area (TPSA) is 101 Å². The van der Waals surface area contributed by atoms with Crippen LogP contribution in [0.25, 0.3) is 27.6 Å². The summed E-state index contributed by atoms with van der Waals surface area (Å²) in [6, 6.07) is 10.1. The van der Waals surface area contributed by atoms with E-state index in [9.17, 15) is 4.79 Å². The number of nitrogens with one attached hydrogen (secondary N) is 2. The van der Waals surface area contributed by atoms with Gasteiger partial charge >= 0.3 is 0 Å². The molecule has 1 fully saturated rings. The van der Waals surface area contributed by atoms with Crippen LogP contribution in [0, 0.1) is 5.92 Å². The first kappa shape index (κ1) is 22.7. The van der Waals surface area contributed by atoms with Crippen molar-refractivity contribution in [1.82, 2.24) is 34.9 Å². The molecule has 34 heavy (non-hydrogen) atoms. The Kier molecular flexibility index (Phi) is 6.42. The average molecular weight is 523 g/mol. The van der Waals surface area contributed by atoms with E-state index in [1.165, 1.54) is 0 Å². The molecule has 2 N–H and O–H groups in total. The minimum absolute atomic E-state index is 0.0225. The Balaban J connectivity index is 1.33. The molecule has 0 radical (unpaired) electrons. The van der Waals surface area contributed by atoms with Gasteiger partial charge in [0.2, 0.25) is 11.9 Å². The molecule has 1 aliphatic carbocycles. The molecule has 1 aromatic carbocycles. The predicted octanol–water partition coefficient (Wildman–Crippen LogP) is 3.38. The van der Waals surface area contributed by atoms with E-state index in [2.05, 4.69) is 46.5 Å². The lowest BCUT2D eigenvalue weighted by molar-refractivity contribution is -0.124. The second kappa shape index (κ2) is 9.63. The first-order chi connectivity index (χ1) is 16.5. The van der Waals surface area contributed by atoms with Crippen LogP contribution in [0.3, 0.4) is 0 Å². The van der Waals surface area contributed by atoms with E-state index < -0.39 is 0 Å². The van der Waals surface area contributed by atoms with Crippen molar-refractivity contribution in [1.29, 1.82) is 0 Å². The molecule has 0 unspecified atom stereocenters. The van der Waals surface area contributed by atoms with Crippen molar-refractivity contribution in [3.05, 3.63) is 47.3 Å². The zero-order valence-electron chi connectivity index (χ0n) is 19.2. The molecule has 176 valence electrons. The minimum Gasteiger partial charge on any atom is -0.355 e. The molecule has 0 aliphatic heterocycles. The van der Waals surface area contributed by atoms with Crippen LogP contribution in [0.5, 0.6) is 0 Å². The lowest BCUT2D eigenvalue weighted by Gasteiger charge is -2.15. The van der Waals surface area contributed by atoms with Crippen LogP contribution in [-0.4, -0.2) is 68.8 Å². The van der Waals surface area contributed by atoms with Gasteiger partial charge in [-0.2, -0.15) is 10.1 Å². The van der Waals surface area contributed by atoms with Gasteiger partial charge in [-0.15, -0.1) is 0 Å². The van der Waals surface area contributed by atoms with Crippen LogP contribution in [0.4, 0.5) is 5.95 Å². The summed E-state index contributed by atoms with van der Waals surface area (Å²) < 4.78 is 2.50. The summed E-state index contributed by atoms with van der Waals surface area (Å²) in [5.74, 6) is 0.701. The number of pyridine rings is 1. The molecule has 4 aromatic rings. The van der Waals surface area contributed by atoms with Crippen LogP contribution in [-0.2, 0) is 4.79 Å². The van der Waals surface area contributed by atoms with Crippen molar-refractivity contribution in [2.24, 2.45) is 5.92 Å². The van der Waals surface area contributed by atoms with Gasteiger partial charge in [-0.1, -0.05) is 6.07 Å². The summed E-state index contributed by atoms with van der Waals surface area (Å²) in [6.07, 6.45) is 6.11. The molecule has 3 aromatic heterocycles. The van der Waals surface area contributed by atoms with E-state index in [1.807, 2.05) is 49.1 Å². The van der Waals surface area contributed by atoms with E-state index in [-0.39, 0.29) is 17.9 Å². The van der Waals surface area contributed by atoms with Gasteiger partial charge in [0.1, 0.15) is 4.60 Å². The van der Waals surface area contributed by atoms with Crippen molar-refractivity contribution in [3.8, 4) is 5.69 Å². The zero-order chi connectivity index (χ0) is 23.7. The fourth-order valence-corrected chi connectivity index (χ4v) is 4.83. The van der Waals surface area contributed by atoms with E-state index in [0.717, 1.165) is 47.8 Å². The molecule has 3 heterocycles. The minimum atomic E-state index is 0.0225. The number of halogens is 1. The molecule has 0 spiro atoms. The highest BCUT2D eigenvalue weighted by atomic mass is 79.9. The van der Waals surface area contributed by atoms with Crippen LogP contribution >= 0.6 is 15.9 Å². The number of carbonyl (C=O) groups is 1. The Bertz CT molecular complexity index is 1340. The zero-order valence-corrected chi connectivity index (χ0v) is 20.8. The molecular weight excluding hydrogens is 496 g/mol. The van der Waals surface area contributed by atoms with Gasteiger partial charge in [0.05, 0.1) is 16.6 Å². The molecule has 1 amide bonds. The van der Waals surface area contributed by atoms with Gasteiger partial charge in [0.15, 0.2) is 5.65 Å². The number of likely N-dealkylation sites (N-methyl/N-ethyl adjacent to an activating group) is 1. The molecule has 1 saturated carbocycles. The number of benzene rings is 1. The monoisotopic (exact) mass is 522 g/mol. The number of amides is 1. The van der Waals surface area contributed by atoms with Gasteiger partial charge in [0.25, 0.3) is 0 Å². The molecule has 9 nitrogen and oxygen atoms in total. The maximum Gasteiger partial charge on any atom is 0.224 e. The number of hydrogen-bond acceptors (Lipinski definition) is 7. The lowest BCUT2D eigenvalue weighted by Crippen LogP contribution is -2.35. The van der Waals surface area contributed by atoms with E-state index in [0.29, 0.717) is 22.7 Å². The van der Waals surface area contributed by atoms with Crippen LogP contribution in [0.15, 0.2) is 47.3 Å². The summed E-state index contributed by atoms with van der Waals surface area (Å²) in [4.78, 5) is 28.2. The van der Waals surface area contributed by atoms with Crippen molar-refractivity contribution >= 4 is 49.7 Å². The average Bonchev–Trinajstić information content (AvgIpc) is 3.43. The van der Waals surface area contributed by atoms with Crippen LogP contribution < -0.4 is 10.6 Å². The standard InChI is InChI=1S/C24H27BrN8O/c1-32(2)11-10-27-23(34)16-5-6-17(12-16)29-24-28-14-19-21(25)31-33(22(19)30-24)18-7-8-20-15(13-18)4-3-9-26-20/h3-4,7-9,13-14,16-17H,5-6,10-12H2,1-2H3,(H,27,34)(H,28,29,30)/t16-,17-/m1/s1. The molecular formula is C24H27BrN8O. The third kappa shape index (κ3) is 4.74. The maximum atomic E-state index is 12.5. The summed E-state index contributed by atoms with van der Waals surface area (Å²) in [7, 11) is 4.00. The first-order valence-electron chi connectivity index (χ1n) is 11.4. The predicted molar refractivity (Wildman–Crippen MR) is 136 cm³/mol. The molecule has 0 bridgehead atoms. The van der Waals surface area contributed by atoms with E-state index >= 15 is 0 Å². The van der Waals surface area contributed by atoms with Crippen molar-refractivity contribution in [3.63, 3.8) is 0 Å². The number of nitrogens with zero attached hydrogens (tertiary/aromatic N) is 6. The van der Waals surface area contributed by atoms with Crippen LogP contribution in [0.1, 0.15) is 19.3 Å². The van der Waals surface area contributed by atoms with Crippen molar-refractivity contribution in [2.45, 2.75) is 25.3 Å². The number of fused-ring (bicyclic) bond motifs is 2. The fraction of sp³-hybridized carbons (Fsp3) is 0.375. The number of carbonyl (C=O) groups excluding carboxylic acids is 1. The van der Waals surface area contributed by atoms with Crippen molar-refractivity contribution in [2.75, 3.05) is 32.5 Å². The quantitative estimate of drug-likeness (QED) is 0.383. The molecule has 5 rings (SSSR count). The Labute approximate surface area is 206 Å². The smallest absolute Gasteiger partial charge is 0.224 e. The second-order valence-electron chi connectivity index (χ2n) is 8.96. The van der Waals surface area contributed by atoms with Gasteiger partial charge < -0.3 is 15.5 Å². The third-order valence-electron chi connectivity index (χ3n) is 6.21. The number of aromatic nitrogens is 5. The summed E-state index contributed by atoms with van der Waals surface area (Å²) in [6.45, 7) is 1.51. The van der Waals surface area contributed by atoms with E-state index in [1.54, 1.807) is 12.4 Å². The summed E-state index contributed by atoms with van der Waals surface area (Å²) >= 11 is 3.54. The first-order valence-corrected chi connectivity index (χ1v) is 12.2. The van der Waals surface area contributed by atoms with Gasteiger partial charge in [0, 0.05) is 42.8 Å². The highest BCUT2D eigenvalue weighted by Crippen LogP contribution is 2.29. The van der Waals surface area contributed by atoms with E-state index in [4.69, 9.17) is 4.98 Å². The normalized spacial score (nSPS) is 18.1. The highest BCUT2D eigenvalue weighted by molar-refractivity contribution is 9.10. The molecule has 2 atom stereocenters. The van der Waals surface area contributed by atoms with Gasteiger partial charge in [-0.3, -0.25) is 9.78 Å². The number of hydrogen-bond donors (Lipinski definition) is 2. The summed E-state index contributed by atoms with van der Waals surface area (Å²) in [5, 5.41) is 13.0. The Hall–Kier alpha value is -3.11. The number of anilines is 1. The SMILES string of the molecule is CN(C)CCNC(=O)[C@@H]1CC[C@@H](Nc2ncc3c(Br)nn(-c4ccc5ncccc5c4)c3n2)C1. The Morgan fingerprint density at radius 2 is 2.12 bits per heavy atom.